The molecule has 0 aromatic carbocycles. The van der Waals surface area contributed by atoms with E-state index in [2.05, 4.69) is 19.2 Å². The van der Waals surface area contributed by atoms with Crippen molar-refractivity contribution in [2.75, 3.05) is 6.54 Å². The Hall–Kier alpha value is -0.570. The Morgan fingerprint density at radius 3 is 2.86 bits per heavy atom. The quantitative estimate of drug-likeness (QED) is 0.675. The molecule has 3 nitrogen and oxygen atoms in total. The summed E-state index contributed by atoms with van der Waals surface area (Å²) in [7, 11) is 0. The van der Waals surface area contributed by atoms with Gasteiger partial charge in [-0.2, -0.15) is 0 Å². The van der Waals surface area contributed by atoms with Gasteiger partial charge in [0.15, 0.2) is 0 Å². The molecule has 0 saturated heterocycles. The zero-order chi connectivity index (χ0) is 10.6. The topological polar surface area (TPSA) is 55.1 Å². The Balaban J connectivity index is 2.05. The zero-order valence-electron chi connectivity index (χ0n) is 9.25. The van der Waals surface area contributed by atoms with Crippen molar-refractivity contribution in [2.24, 2.45) is 17.6 Å². The van der Waals surface area contributed by atoms with Gasteiger partial charge in [0, 0.05) is 12.5 Å². The normalized spacial score (nSPS) is 27.1. The molecule has 1 rings (SSSR count). The number of hydrogen-bond donors (Lipinski definition) is 2. The molecule has 0 bridgehead atoms. The third-order valence-corrected chi connectivity index (χ3v) is 3.06. The van der Waals surface area contributed by atoms with E-state index in [0.29, 0.717) is 24.9 Å². The monoisotopic (exact) mass is 198 g/mol. The van der Waals surface area contributed by atoms with E-state index in [1.165, 1.54) is 12.8 Å². The first kappa shape index (κ1) is 11.5. The third kappa shape index (κ3) is 3.66. The molecule has 3 atom stereocenters. The summed E-state index contributed by atoms with van der Waals surface area (Å²) < 4.78 is 0. The molecule has 1 fully saturated rings. The summed E-state index contributed by atoms with van der Waals surface area (Å²) >= 11 is 0. The number of amides is 1. The van der Waals surface area contributed by atoms with Crippen LogP contribution in [0.4, 0.5) is 0 Å². The van der Waals surface area contributed by atoms with Crippen LogP contribution in [-0.4, -0.2) is 18.5 Å². The summed E-state index contributed by atoms with van der Waals surface area (Å²) in [5.74, 6) is 1.40. The van der Waals surface area contributed by atoms with Crippen LogP contribution in [0.1, 0.15) is 39.5 Å². The van der Waals surface area contributed by atoms with Crippen molar-refractivity contribution in [3.63, 3.8) is 0 Å². The number of carbonyl (C=O) groups is 1. The molecule has 1 saturated carbocycles. The van der Waals surface area contributed by atoms with Crippen LogP contribution in [0, 0.1) is 11.8 Å². The van der Waals surface area contributed by atoms with Gasteiger partial charge >= 0.3 is 0 Å². The summed E-state index contributed by atoms with van der Waals surface area (Å²) in [6.07, 6.45) is 3.90. The lowest BCUT2D eigenvalue weighted by molar-refractivity contribution is -0.121. The van der Waals surface area contributed by atoms with Gasteiger partial charge in [0.05, 0.1) is 0 Å². The Kier molecular flexibility index (Phi) is 4.39. The first-order chi connectivity index (χ1) is 6.67. The van der Waals surface area contributed by atoms with Gasteiger partial charge < -0.3 is 11.1 Å². The Bertz CT molecular complexity index is 194. The molecule has 0 aliphatic heterocycles. The van der Waals surface area contributed by atoms with Crippen molar-refractivity contribution in [2.45, 2.75) is 45.6 Å². The maximum absolute atomic E-state index is 11.4. The van der Waals surface area contributed by atoms with Crippen LogP contribution in [-0.2, 0) is 4.79 Å². The van der Waals surface area contributed by atoms with Crippen molar-refractivity contribution in [3.05, 3.63) is 0 Å². The van der Waals surface area contributed by atoms with E-state index < -0.39 is 0 Å². The first-order valence-corrected chi connectivity index (χ1v) is 5.66. The summed E-state index contributed by atoms with van der Waals surface area (Å²) in [5.41, 5.74) is 5.48. The number of carbonyl (C=O) groups excluding carboxylic acids is 1. The minimum Gasteiger partial charge on any atom is -0.353 e. The van der Waals surface area contributed by atoms with Crippen molar-refractivity contribution in [3.8, 4) is 0 Å². The van der Waals surface area contributed by atoms with Gasteiger partial charge in [-0.05, 0) is 31.2 Å². The minimum atomic E-state index is 0.200. The van der Waals surface area contributed by atoms with Gasteiger partial charge in [0.1, 0.15) is 0 Å². The summed E-state index contributed by atoms with van der Waals surface area (Å²) in [4.78, 5) is 11.4. The van der Waals surface area contributed by atoms with Crippen LogP contribution >= 0.6 is 0 Å². The van der Waals surface area contributed by atoms with Crippen LogP contribution in [0.15, 0.2) is 0 Å². The smallest absolute Gasteiger partial charge is 0.220 e. The van der Waals surface area contributed by atoms with Crippen molar-refractivity contribution < 1.29 is 4.79 Å². The Morgan fingerprint density at radius 1 is 1.64 bits per heavy atom. The molecule has 0 aromatic heterocycles. The number of rotatable bonds is 6. The van der Waals surface area contributed by atoms with E-state index in [9.17, 15) is 4.79 Å². The van der Waals surface area contributed by atoms with Crippen molar-refractivity contribution >= 4 is 5.91 Å². The van der Waals surface area contributed by atoms with Gasteiger partial charge in [0.25, 0.3) is 0 Å². The lowest BCUT2D eigenvalue weighted by atomic mass is 10.1. The molecule has 1 amide bonds. The zero-order valence-corrected chi connectivity index (χ0v) is 9.25. The van der Waals surface area contributed by atoms with Crippen molar-refractivity contribution in [1.29, 1.82) is 0 Å². The molecule has 0 radical (unpaired) electrons. The summed E-state index contributed by atoms with van der Waals surface area (Å²) in [6, 6.07) is 0.473. The van der Waals surface area contributed by atoms with Crippen LogP contribution in [0.2, 0.25) is 0 Å². The van der Waals surface area contributed by atoms with Gasteiger partial charge in [-0.1, -0.05) is 20.3 Å². The Labute approximate surface area is 86.4 Å². The van der Waals surface area contributed by atoms with Crippen molar-refractivity contribution in [1.82, 2.24) is 5.32 Å². The Morgan fingerprint density at radius 2 is 2.36 bits per heavy atom. The predicted octanol–water partition coefficient (Wildman–Crippen LogP) is 1.28. The highest BCUT2D eigenvalue weighted by Gasteiger charge is 2.36. The summed E-state index contributed by atoms with van der Waals surface area (Å²) in [5, 5.41) is 3.05. The second-order valence-corrected chi connectivity index (χ2v) is 4.46. The van der Waals surface area contributed by atoms with E-state index in [4.69, 9.17) is 5.73 Å². The lowest BCUT2D eigenvalue weighted by Gasteiger charge is -2.08. The highest BCUT2D eigenvalue weighted by molar-refractivity contribution is 5.76. The molecule has 3 unspecified atom stereocenters. The van der Waals surface area contributed by atoms with Crippen LogP contribution in [0.5, 0.6) is 0 Å². The van der Waals surface area contributed by atoms with Crippen LogP contribution in [0.3, 0.4) is 0 Å². The van der Waals surface area contributed by atoms with E-state index in [0.717, 1.165) is 12.3 Å². The predicted molar refractivity (Wildman–Crippen MR) is 57.8 cm³/mol. The SMILES string of the molecule is CCC1CC1NC(=O)CCC(C)CN. The number of hydrogen-bond acceptors (Lipinski definition) is 2. The minimum absolute atomic E-state index is 0.200. The number of nitrogens with two attached hydrogens (primary N) is 1. The average molecular weight is 198 g/mol. The average Bonchev–Trinajstić information content (AvgIpc) is 2.92. The standard InChI is InChI=1S/C11H22N2O/c1-3-9-6-10(9)13-11(14)5-4-8(2)7-12/h8-10H,3-7,12H2,1-2H3,(H,13,14). The molecule has 14 heavy (non-hydrogen) atoms. The maximum Gasteiger partial charge on any atom is 0.220 e. The molecule has 3 N–H and O–H groups in total. The molecule has 1 aliphatic carbocycles. The molecular formula is C11H22N2O. The second kappa shape index (κ2) is 5.35. The molecule has 0 aromatic rings. The fraction of sp³-hybridized carbons (Fsp3) is 0.909. The summed E-state index contributed by atoms with van der Waals surface area (Å²) in [6.45, 7) is 4.93. The van der Waals surface area contributed by atoms with Crippen LogP contribution in [0.25, 0.3) is 0 Å². The number of nitrogens with one attached hydrogen (secondary N) is 1. The second-order valence-electron chi connectivity index (χ2n) is 4.46. The fourth-order valence-corrected chi connectivity index (χ4v) is 1.65. The molecule has 82 valence electrons. The fourth-order valence-electron chi connectivity index (χ4n) is 1.65. The third-order valence-electron chi connectivity index (χ3n) is 3.06. The van der Waals surface area contributed by atoms with Gasteiger partial charge in [-0.25, -0.2) is 0 Å². The van der Waals surface area contributed by atoms with E-state index in [1.54, 1.807) is 0 Å². The maximum atomic E-state index is 11.4. The first-order valence-electron chi connectivity index (χ1n) is 5.66. The highest BCUT2D eigenvalue weighted by atomic mass is 16.1. The van der Waals surface area contributed by atoms with Crippen LogP contribution < -0.4 is 11.1 Å². The largest absolute Gasteiger partial charge is 0.353 e. The molecular weight excluding hydrogens is 176 g/mol. The highest BCUT2D eigenvalue weighted by Crippen LogP contribution is 2.33. The molecule has 3 heteroatoms. The van der Waals surface area contributed by atoms with Gasteiger partial charge in [-0.15, -0.1) is 0 Å². The molecule has 0 heterocycles. The van der Waals surface area contributed by atoms with E-state index in [-0.39, 0.29) is 5.91 Å². The molecule has 0 spiro atoms. The van der Waals surface area contributed by atoms with E-state index in [1.807, 2.05) is 0 Å². The van der Waals surface area contributed by atoms with Gasteiger partial charge in [-0.3, -0.25) is 4.79 Å². The van der Waals surface area contributed by atoms with E-state index >= 15 is 0 Å². The lowest BCUT2D eigenvalue weighted by Crippen LogP contribution is -2.27. The van der Waals surface area contributed by atoms with Gasteiger partial charge in [0.2, 0.25) is 5.91 Å². The molecule has 1 aliphatic rings.